The van der Waals surface area contributed by atoms with Crippen molar-refractivity contribution in [2.75, 3.05) is 14.2 Å². The molecule has 0 bridgehead atoms. The van der Waals surface area contributed by atoms with Gasteiger partial charge in [-0.2, -0.15) is 0 Å². The van der Waals surface area contributed by atoms with Gasteiger partial charge < -0.3 is 14.9 Å². The van der Waals surface area contributed by atoms with E-state index in [1.165, 1.54) is 13.2 Å². The number of aromatic carboxylic acids is 1. The smallest absolute Gasteiger partial charge is 0.346 e. The van der Waals surface area contributed by atoms with Crippen LogP contribution in [0.3, 0.4) is 0 Å². The van der Waals surface area contributed by atoms with E-state index in [4.69, 9.17) is 4.74 Å². The summed E-state index contributed by atoms with van der Waals surface area (Å²) in [5, 5.41) is 19.7. The minimum Gasteiger partial charge on any atom is -0.504 e. The Morgan fingerprint density at radius 3 is 2.69 bits per heavy atom. The lowest BCUT2D eigenvalue weighted by Gasteiger charge is -2.18. The Kier molecular flexibility index (Phi) is 5.11. The van der Waals surface area contributed by atoms with E-state index in [2.05, 4.69) is 0 Å². The summed E-state index contributed by atoms with van der Waals surface area (Å²) >= 11 is 1.08. The average Bonchev–Trinajstić information content (AvgIpc) is 2.95. The molecule has 0 aliphatic rings. The van der Waals surface area contributed by atoms with Crippen molar-refractivity contribution in [3.05, 3.63) is 58.2 Å². The van der Waals surface area contributed by atoms with Gasteiger partial charge in [0.05, 0.1) is 7.11 Å². The number of methoxy groups -OCH3 is 1. The second-order valence-corrected chi connectivity index (χ2v) is 7.06. The molecule has 0 spiro atoms. The van der Waals surface area contributed by atoms with Crippen LogP contribution in [0.15, 0.2) is 36.4 Å². The molecule has 3 aromatic rings. The molecule has 3 rings (SSSR count). The Morgan fingerprint density at radius 2 is 2.04 bits per heavy atom. The standard InChI is InChI=1S/C19H18FNO4S/c1-21(9-11-6-7-15(25-2)14(22)8-11)10-12-17-13(20)4-3-5-16(17)26-18(12)19(23)24/h3-8,22H,9-10H2,1-2H3,(H,23,24). The number of ether oxygens (including phenoxy) is 1. The van der Waals surface area contributed by atoms with Gasteiger partial charge in [0.25, 0.3) is 0 Å². The Hall–Kier alpha value is -2.64. The van der Waals surface area contributed by atoms with E-state index >= 15 is 0 Å². The van der Waals surface area contributed by atoms with Crippen molar-refractivity contribution < 1.29 is 24.1 Å². The highest BCUT2D eigenvalue weighted by molar-refractivity contribution is 7.21. The number of phenolic OH excluding ortho intramolecular Hbond substituents is 1. The summed E-state index contributed by atoms with van der Waals surface area (Å²) in [4.78, 5) is 13.6. The number of carboxylic acids is 1. The highest BCUT2D eigenvalue weighted by Crippen LogP contribution is 2.34. The summed E-state index contributed by atoms with van der Waals surface area (Å²) in [5.41, 5.74) is 1.30. The average molecular weight is 375 g/mol. The van der Waals surface area contributed by atoms with Crippen molar-refractivity contribution in [2.45, 2.75) is 13.1 Å². The monoisotopic (exact) mass is 375 g/mol. The number of fused-ring (bicyclic) bond motifs is 1. The molecule has 2 N–H and O–H groups in total. The van der Waals surface area contributed by atoms with E-state index < -0.39 is 11.8 Å². The number of phenols is 1. The third-order valence-corrected chi connectivity index (χ3v) is 5.27. The molecule has 0 aliphatic heterocycles. The fraction of sp³-hybridized carbons (Fsp3) is 0.211. The molecular weight excluding hydrogens is 357 g/mol. The molecule has 2 aromatic carbocycles. The summed E-state index contributed by atoms with van der Waals surface area (Å²) in [5.74, 6) is -1.06. The van der Waals surface area contributed by atoms with Crippen LogP contribution < -0.4 is 4.74 Å². The van der Waals surface area contributed by atoms with Gasteiger partial charge >= 0.3 is 5.97 Å². The first kappa shape index (κ1) is 18.2. The maximum Gasteiger partial charge on any atom is 0.346 e. The molecule has 0 radical (unpaired) electrons. The molecule has 0 atom stereocenters. The molecule has 0 aliphatic carbocycles. The lowest BCUT2D eigenvalue weighted by atomic mass is 10.1. The largest absolute Gasteiger partial charge is 0.504 e. The van der Waals surface area contributed by atoms with Crippen molar-refractivity contribution in [3.63, 3.8) is 0 Å². The van der Waals surface area contributed by atoms with Gasteiger partial charge in [0.2, 0.25) is 0 Å². The topological polar surface area (TPSA) is 70.0 Å². The summed E-state index contributed by atoms with van der Waals surface area (Å²) in [7, 11) is 3.29. The van der Waals surface area contributed by atoms with Gasteiger partial charge in [-0.3, -0.25) is 4.90 Å². The fourth-order valence-corrected chi connectivity index (χ4v) is 4.03. The molecule has 136 valence electrons. The van der Waals surface area contributed by atoms with Crippen LogP contribution >= 0.6 is 11.3 Å². The zero-order valence-electron chi connectivity index (χ0n) is 14.3. The molecule has 1 aromatic heterocycles. The van der Waals surface area contributed by atoms with E-state index in [1.807, 2.05) is 18.0 Å². The number of benzene rings is 2. The molecule has 0 amide bonds. The zero-order valence-corrected chi connectivity index (χ0v) is 15.1. The summed E-state index contributed by atoms with van der Waals surface area (Å²) in [6.07, 6.45) is 0. The van der Waals surface area contributed by atoms with Crippen LogP contribution in [-0.4, -0.2) is 35.2 Å². The van der Waals surface area contributed by atoms with E-state index in [1.54, 1.807) is 24.3 Å². The van der Waals surface area contributed by atoms with E-state index in [0.29, 0.717) is 27.9 Å². The van der Waals surface area contributed by atoms with Crippen molar-refractivity contribution in [2.24, 2.45) is 0 Å². The highest BCUT2D eigenvalue weighted by Gasteiger charge is 2.21. The van der Waals surface area contributed by atoms with Crippen LogP contribution in [0.4, 0.5) is 4.39 Å². The Morgan fingerprint density at radius 1 is 1.27 bits per heavy atom. The number of aromatic hydroxyl groups is 1. The molecular formula is C19H18FNO4S. The summed E-state index contributed by atoms with van der Waals surface area (Å²) in [6, 6.07) is 9.72. The normalized spacial score (nSPS) is 11.2. The van der Waals surface area contributed by atoms with E-state index in [9.17, 15) is 19.4 Å². The lowest BCUT2D eigenvalue weighted by molar-refractivity contribution is 0.0700. The van der Waals surface area contributed by atoms with Crippen molar-refractivity contribution in [1.29, 1.82) is 0 Å². The molecule has 0 saturated carbocycles. The quantitative estimate of drug-likeness (QED) is 0.679. The van der Waals surface area contributed by atoms with Crippen LogP contribution in [0.2, 0.25) is 0 Å². The Balaban J connectivity index is 1.89. The highest BCUT2D eigenvalue weighted by atomic mass is 32.1. The Labute approximate surface area is 153 Å². The fourth-order valence-electron chi connectivity index (χ4n) is 2.96. The number of rotatable bonds is 6. The maximum atomic E-state index is 14.3. The Bertz CT molecular complexity index is 970. The number of hydrogen-bond donors (Lipinski definition) is 2. The first-order chi connectivity index (χ1) is 12.4. The molecule has 0 fully saturated rings. The zero-order chi connectivity index (χ0) is 18.8. The van der Waals surface area contributed by atoms with E-state index in [0.717, 1.165) is 16.9 Å². The molecule has 26 heavy (non-hydrogen) atoms. The summed E-state index contributed by atoms with van der Waals surface area (Å²) in [6.45, 7) is 0.734. The maximum absolute atomic E-state index is 14.3. The van der Waals surface area contributed by atoms with Crippen molar-refractivity contribution in [1.82, 2.24) is 4.90 Å². The number of carboxylic acid groups (broad SMARTS) is 1. The molecule has 5 nitrogen and oxygen atoms in total. The van der Waals surface area contributed by atoms with Gasteiger partial charge in [0, 0.05) is 28.7 Å². The van der Waals surface area contributed by atoms with Gasteiger partial charge in [-0.15, -0.1) is 11.3 Å². The van der Waals surface area contributed by atoms with Gasteiger partial charge in [-0.25, -0.2) is 9.18 Å². The predicted octanol–water partition coefficient (Wildman–Crippen LogP) is 4.08. The third kappa shape index (κ3) is 3.49. The van der Waals surface area contributed by atoms with E-state index in [-0.39, 0.29) is 17.2 Å². The second-order valence-electron chi connectivity index (χ2n) is 6.01. The first-order valence-corrected chi connectivity index (χ1v) is 8.70. The van der Waals surface area contributed by atoms with Gasteiger partial charge in [-0.05, 0) is 36.9 Å². The third-order valence-electron chi connectivity index (χ3n) is 4.08. The van der Waals surface area contributed by atoms with Gasteiger partial charge in [-0.1, -0.05) is 12.1 Å². The van der Waals surface area contributed by atoms with Crippen LogP contribution in [0.5, 0.6) is 11.5 Å². The molecule has 7 heteroatoms. The molecule has 0 unspecified atom stereocenters. The van der Waals surface area contributed by atoms with Crippen molar-refractivity contribution >= 4 is 27.4 Å². The van der Waals surface area contributed by atoms with Crippen LogP contribution in [0.1, 0.15) is 20.8 Å². The van der Waals surface area contributed by atoms with Crippen LogP contribution in [-0.2, 0) is 13.1 Å². The number of thiophene rings is 1. The lowest BCUT2D eigenvalue weighted by Crippen LogP contribution is -2.18. The number of halogens is 1. The van der Waals surface area contributed by atoms with Crippen molar-refractivity contribution in [3.8, 4) is 11.5 Å². The van der Waals surface area contributed by atoms with Gasteiger partial charge in [0.15, 0.2) is 11.5 Å². The SMILES string of the molecule is COc1ccc(CN(C)Cc2c(C(=O)O)sc3cccc(F)c23)cc1O. The van der Waals surface area contributed by atoms with Crippen LogP contribution in [0, 0.1) is 5.82 Å². The minimum absolute atomic E-state index is 0.0386. The minimum atomic E-state index is -1.06. The molecule has 1 heterocycles. The van der Waals surface area contributed by atoms with Crippen LogP contribution in [0.25, 0.3) is 10.1 Å². The first-order valence-electron chi connectivity index (χ1n) is 7.88. The predicted molar refractivity (Wildman–Crippen MR) is 98.6 cm³/mol. The number of hydrogen-bond acceptors (Lipinski definition) is 5. The molecule has 0 saturated heterocycles. The summed E-state index contributed by atoms with van der Waals surface area (Å²) < 4.78 is 19.9. The van der Waals surface area contributed by atoms with Gasteiger partial charge in [0.1, 0.15) is 10.7 Å². The second kappa shape index (κ2) is 7.31. The number of nitrogens with zero attached hydrogens (tertiary/aromatic N) is 1. The number of carbonyl (C=O) groups is 1.